The predicted octanol–water partition coefficient (Wildman–Crippen LogP) is 5.51. The van der Waals surface area contributed by atoms with E-state index in [4.69, 9.17) is 9.47 Å². The van der Waals surface area contributed by atoms with Crippen molar-refractivity contribution in [2.45, 2.75) is 85.0 Å². The molecule has 1 aromatic heterocycles. The van der Waals surface area contributed by atoms with Gasteiger partial charge in [-0.2, -0.15) is 4.98 Å². The van der Waals surface area contributed by atoms with E-state index in [0.29, 0.717) is 24.9 Å². The fraction of sp³-hybridized carbons (Fsp3) is 0.586. The minimum absolute atomic E-state index is 0.00509. The number of rotatable bonds is 7. The van der Waals surface area contributed by atoms with Gasteiger partial charge in [-0.15, -0.1) is 0 Å². The average Bonchev–Trinajstić information content (AvgIpc) is 3.31. The highest BCUT2D eigenvalue weighted by molar-refractivity contribution is 5.88. The zero-order chi connectivity index (χ0) is 28.4. The Morgan fingerprint density at radius 2 is 1.79 bits per heavy atom. The molecular weight excluding hydrogens is 496 g/mol. The number of benzene rings is 1. The van der Waals surface area contributed by atoms with Crippen LogP contribution in [0, 0.1) is 0 Å². The Balaban J connectivity index is 0.00000134. The minimum Gasteiger partial charge on any atom is -0.447 e. The van der Waals surface area contributed by atoms with Crippen LogP contribution in [0.3, 0.4) is 0 Å². The molecule has 4 rings (SSSR count). The maximum Gasteiger partial charge on any atom is 0.415 e. The summed E-state index contributed by atoms with van der Waals surface area (Å²) in [7, 11) is 0. The van der Waals surface area contributed by atoms with Gasteiger partial charge in [0.15, 0.2) is 0 Å². The summed E-state index contributed by atoms with van der Waals surface area (Å²) in [6.07, 6.45) is 3.99. The SMILES string of the molecule is CC(Nc1nccc(N2CCOC2=O)n1)c1ccc(CN2CCC(NC(=O)OC(C)(C)C)CC2)cc1.CCC. The van der Waals surface area contributed by atoms with Gasteiger partial charge in [0, 0.05) is 31.9 Å². The monoisotopic (exact) mass is 540 g/mol. The Morgan fingerprint density at radius 1 is 1.13 bits per heavy atom. The number of ether oxygens (including phenoxy) is 2. The van der Waals surface area contributed by atoms with Crippen molar-refractivity contribution in [1.82, 2.24) is 20.2 Å². The molecular formula is C29H44N6O4. The lowest BCUT2D eigenvalue weighted by Gasteiger charge is -2.32. The number of nitrogens with one attached hydrogen (secondary N) is 2. The highest BCUT2D eigenvalue weighted by Gasteiger charge is 2.25. The lowest BCUT2D eigenvalue weighted by molar-refractivity contribution is 0.0477. The molecule has 0 saturated carbocycles. The largest absolute Gasteiger partial charge is 0.447 e. The van der Waals surface area contributed by atoms with Gasteiger partial charge >= 0.3 is 12.2 Å². The summed E-state index contributed by atoms with van der Waals surface area (Å²) in [4.78, 5) is 36.5. The van der Waals surface area contributed by atoms with E-state index in [0.717, 1.165) is 38.0 Å². The zero-order valence-corrected chi connectivity index (χ0v) is 24.2. The molecule has 2 aromatic rings. The number of aromatic nitrogens is 2. The summed E-state index contributed by atoms with van der Waals surface area (Å²) in [5, 5.41) is 6.31. The number of alkyl carbamates (subject to hydrolysis) is 1. The first-order valence-electron chi connectivity index (χ1n) is 13.9. The van der Waals surface area contributed by atoms with Crippen LogP contribution < -0.4 is 15.5 Å². The molecule has 1 unspecified atom stereocenters. The average molecular weight is 541 g/mol. The Hall–Kier alpha value is -3.40. The molecule has 1 aromatic carbocycles. The van der Waals surface area contributed by atoms with Crippen LogP contribution in [-0.2, 0) is 16.0 Å². The number of anilines is 2. The quantitative estimate of drug-likeness (QED) is 0.473. The van der Waals surface area contributed by atoms with E-state index < -0.39 is 5.60 Å². The molecule has 2 fully saturated rings. The van der Waals surface area contributed by atoms with E-state index >= 15 is 0 Å². The highest BCUT2D eigenvalue weighted by Crippen LogP contribution is 2.22. The first kappa shape index (κ1) is 30.1. The number of amides is 2. The number of nitrogens with zero attached hydrogens (tertiary/aromatic N) is 4. The van der Waals surface area contributed by atoms with Crippen molar-refractivity contribution in [2.24, 2.45) is 0 Å². The van der Waals surface area contributed by atoms with Gasteiger partial charge in [0.1, 0.15) is 18.0 Å². The summed E-state index contributed by atoms with van der Waals surface area (Å²) in [6, 6.07) is 10.4. The van der Waals surface area contributed by atoms with Gasteiger partial charge in [-0.25, -0.2) is 14.6 Å². The van der Waals surface area contributed by atoms with E-state index in [9.17, 15) is 9.59 Å². The fourth-order valence-corrected chi connectivity index (χ4v) is 4.33. The summed E-state index contributed by atoms with van der Waals surface area (Å²) < 4.78 is 10.4. The summed E-state index contributed by atoms with van der Waals surface area (Å²) in [5.74, 6) is 0.995. The van der Waals surface area contributed by atoms with E-state index in [1.807, 2.05) is 20.8 Å². The van der Waals surface area contributed by atoms with E-state index in [1.54, 1.807) is 12.3 Å². The van der Waals surface area contributed by atoms with Gasteiger partial charge in [-0.05, 0) is 57.7 Å². The summed E-state index contributed by atoms with van der Waals surface area (Å²) in [6.45, 7) is 15.5. The Morgan fingerprint density at radius 3 is 2.38 bits per heavy atom. The number of hydrogen-bond donors (Lipinski definition) is 2. The van der Waals surface area contributed by atoms with Gasteiger partial charge in [-0.3, -0.25) is 9.80 Å². The first-order chi connectivity index (χ1) is 18.6. The number of piperidine rings is 1. The molecule has 0 bridgehead atoms. The molecule has 10 heteroatoms. The second kappa shape index (κ2) is 14.1. The molecule has 1 atom stereocenters. The van der Waals surface area contributed by atoms with Gasteiger partial charge < -0.3 is 20.1 Å². The second-order valence-electron chi connectivity index (χ2n) is 11.0. The standard InChI is InChI=1S/C26H36N6O4.C3H8/c1-18(28-23-27-12-9-22(30-23)32-15-16-35-25(32)34)20-7-5-19(6-8-20)17-31-13-10-21(11-14-31)29-24(33)36-26(2,3)4;1-3-2/h5-9,12,18,21H,10-11,13-17H2,1-4H3,(H,29,33)(H,27,28,30);3H2,1-2H3. The lowest BCUT2D eigenvalue weighted by atomic mass is 10.0. The van der Waals surface area contributed by atoms with Gasteiger partial charge in [0.25, 0.3) is 0 Å². The minimum atomic E-state index is -0.482. The fourth-order valence-electron chi connectivity index (χ4n) is 4.33. The topological polar surface area (TPSA) is 109 Å². The lowest BCUT2D eigenvalue weighted by Crippen LogP contribution is -2.45. The number of carbonyl (C=O) groups excluding carboxylic acids is 2. The number of likely N-dealkylation sites (tertiary alicyclic amines) is 1. The van der Waals surface area contributed by atoms with Crippen molar-refractivity contribution in [3.8, 4) is 0 Å². The van der Waals surface area contributed by atoms with Crippen molar-refractivity contribution in [3.05, 3.63) is 47.7 Å². The number of hydrogen-bond acceptors (Lipinski definition) is 8. The summed E-state index contributed by atoms with van der Waals surface area (Å²) in [5.41, 5.74) is 1.88. The highest BCUT2D eigenvalue weighted by atomic mass is 16.6. The van der Waals surface area contributed by atoms with Gasteiger partial charge in [0.05, 0.1) is 12.6 Å². The van der Waals surface area contributed by atoms with Crippen LogP contribution in [0.5, 0.6) is 0 Å². The van der Waals surface area contributed by atoms with E-state index in [-0.39, 0.29) is 24.3 Å². The molecule has 39 heavy (non-hydrogen) atoms. The third-order valence-electron chi connectivity index (χ3n) is 6.22. The van der Waals surface area contributed by atoms with Crippen LogP contribution in [0.2, 0.25) is 0 Å². The van der Waals surface area contributed by atoms with E-state index in [2.05, 4.69) is 70.5 Å². The second-order valence-corrected chi connectivity index (χ2v) is 11.0. The molecule has 2 aliphatic rings. The van der Waals surface area contributed by atoms with Crippen LogP contribution >= 0.6 is 0 Å². The van der Waals surface area contributed by atoms with Crippen molar-refractivity contribution in [3.63, 3.8) is 0 Å². The maximum absolute atomic E-state index is 12.0. The third kappa shape index (κ3) is 9.69. The van der Waals surface area contributed by atoms with Crippen LogP contribution in [0.1, 0.15) is 78.0 Å². The first-order valence-corrected chi connectivity index (χ1v) is 13.9. The zero-order valence-electron chi connectivity index (χ0n) is 24.2. The Kier molecular flexibility index (Phi) is 10.9. The molecule has 3 heterocycles. The van der Waals surface area contributed by atoms with Crippen LogP contribution in [0.25, 0.3) is 0 Å². The number of carbonyl (C=O) groups is 2. The normalized spacial score (nSPS) is 17.1. The third-order valence-corrected chi connectivity index (χ3v) is 6.22. The van der Waals surface area contributed by atoms with Crippen LogP contribution in [-0.4, -0.2) is 64.9 Å². The van der Waals surface area contributed by atoms with Crippen molar-refractivity contribution < 1.29 is 19.1 Å². The number of cyclic esters (lactones) is 1. The van der Waals surface area contributed by atoms with Gasteiger partial charge in [-0.1, -0.05) is 44.5 Å². The molecule has 2 N–H and O–H groups in total. The molecule has 2 aliphatic heterocycles. The predicted molar refractivity (Wildman–Crippen MR) is 153 cm³/mol. The molecule has 0 aliphatic carbocycles. The van der Waals surface area contributed by atoms with E-state index in [1.165, 1.54) is 16.9 Å². The molecule has 2 saturated heterocycles. The summed E-state index contributed by atoms with van der Waals surface area (Å²) >= 11 is 0. The van der Waals surface area contributed by atoms with Crippen LogP contribution in [0.4, 0.5) is 21.4 Å². The molecule has 0 spiro atoms. The van der Waals surface area contributed by atoms with Crippen molar-refractivity contribution in [1.29, 1.82) is 0 Å². The maximum atomic E-state index is 12.0. The molecule has 214 valence electrons. The van der Waals surface area contributed by atoms with Gasteiger partial charge in [0.2, 0.25) is 5.95 Å². The Labute approximate surface area is 232 Å². The molecule has 10 nitrogen and oxygen atoms in total. The van der Waals surface area contributed by atoms with Crippen LogP contribution in [0.15, 0.2) is 36.5 Å². The Bertz CT molecular complexity index is 1060. The van der Waals surface area contributed by atoms with Crippen molar-refractivity contribution >= 4 is 24.0 Å². The molecule has 0 radical (unpaired) electrons. The molecule has 2 amide bonds. The smallest absolute Gasteiger partial charge is 0.415 e. The van der Waals surface area contributed by atoms with Crippen molar-refractivity contribution in [2.75, 3.05) is 36.5 Å².